The molecule has 1 fully saturated rings. The van der Waals surface area contributed by atoms with Gasteiger partial charge in [0.2, 0.25) is 0 Å². The highest BCUT2D eigenvalue weighted by atomic mass is 32.1. The van der Waals surface area contributed by atoms with Crippen molar-refractivity contribution in [1.82, 2.24) is 4.90 Å². The van der Waals surface area contributed by atoms with Crippen LogP contribution in [0.5, 0.6) is 0 Å². The first-order chi connectivity index (χ1) is 8.75. The van der Waals surface area contributed by atoms with Crippen LogP contribution in [0.15, 0.2) is 11.4 Å². The van der Waals surface area contributed by atoms with Crippen molar-refractivity contribution in [2.24, 2.45) is 5.92 Å². The zero-order valence-electron chi connectivity index (χ0n) is 11.1. The Morgan fingerprint density at radius 1 is 1.39 bits per heavy atom. The highest BCUT2D eigenvalue weighted by Crippen LogP contribution is 2.35. The van der Waals surface area contributed by atoms with Gasteiger partial charge in [-0.05, 0) is 49.1 Å². The molecular weight excluding hydrogens is 242 g/mol. The molecule has 1 aromatic rings. The molecule has 3 heteroatoms. The van der Waals surface area contributed by atoms with Crippen molar-refractivity contribution in [2.75, 3.05) is 13.1 Å². The third-order valence-corrected chi connectivity index (χ3v) is 5.74. The van der Waals surface area contributed by atoms with Gasteiger partial charge in [0.1, 0.15) is 0 Å². The van der Waals surface area contributed by atoms with Gasteiger partial charge in [-0.25, -0.2) is 0 Å². The fourth-order valence-corrected chi connectivity index (χ4v) is 4.48. The zero-order chi connectivity index (χ0) is 12.5. The van der Waals surface area contributed by atoms with Crippen LogP contribution in [0.25, 0.3) is 0 Å². The molecule has 0 aromatic carbocycles. The maximum Gasteiger partial charge on any atom is 0.0580 e. The molecule has 0 amide bonds. The highest BCUT2D eigenvalue weighted by molar-refractivity contribution is 7.10. The van der Waals surface area contributed by atoms with E-state index >= 15 is 0 Å². The van der Waals surface area contributed by atoms with Crippen molar-refractivity contribution < 1.29 is 5.11 Å². The van der Waals surface area contributed by atoms with E-state index in [0.717, 1.165) is 19.5 Å². The molecule has 2 heterocycles. The van der Waals surface area contributed by atoms with Gasteiger partial charge in [0.15, 0.2) is 0 Å². The predicted octanol–water partition coefficient (Wildman–Crippen LogP) is 3.22. The van der Waals surface area contributed by atoms with Crippen molar-refractivity contribution in [2.45, 2.75) is 51.2 Å². The lowest BCUT2D eigenvalue weighted by Crippen LogP contribution is -2.41. The third-order valence-electron chi connectivity index (χ3n) is 4.74. The Morgan fingerprint density at radius 2 is 2.22 bits per heavy atom. The highest BCUT2D eigenvalue weighted by Gasteiger charge is 2.30. The fourth-order valence-electron chi connectivity index (χ4n) is 3.51. The van der Waals surface area contributed by atoms with Gasteiger partial charge in [-0.2, -0.15) is 0 Å². The molecular formula is C15H23NOS. The Morgan fingerprint density at radius 3 is 3.06 bits per heavy atom. The summed E-state index contributed by atoms with van der Waals surface area (Å²) in [7, 11) is 0. The minimum Gasteiger partial charge on any atom is -0.393 e. The van der Waals surface area contributed by atoms with Crippen LogP contribution >= 0.6 is 11.3 Å². The Kier molecular flexibility index (Phi) is 3.73. The van der Waals surface area contributed by atoms with E-state index in [1.54, 1.807) is 4.88 Å². The predicted molar refractivity (Wildman–Crippen MR) is 76.0 cm³/mol. The van der Waals surface area contributed by atoms with Crippen LogP contribution in [-0.4, -0.2) is 29.2 Å². The number of fused-ring (bicyclic) bond motifs is 1. The van der Waals surface area contributed by atoms with Gasteiger partial charge in [0, 0.05) is 24.0 Å². The molecule has 3 atom stereocenters. The van der Waals surface area contributed by atoms with E-state index in [2.05, 4.69) is 23.3 Å². The molecule has 3 rings (SSSR count). The van der Waals surface area contributed by atoms with Crippen molar-refractivity contribution in [3.8, 4) is 0 Å². The van der Waals surface area contributed by atoms with Crippen LogP contribution in [0.3, 0.4) is 0 Å². The van der Waals surface area contributed by atoms with Gasteiger partial charge in [0.05, 0.1) is 6.10 Å². The first-order valence-corrected chi connectivity index (χ1v) is 8.12. The van der Waals surface area contributed by atoms with Crippen molar-refractivity contribution in [3.05, 3.63) is 21.9 Å². The molecule has 1 N–H and O–H groups in total. The molecule has 1 saturated carbocycles. The van der Waals surface area contributed by atoms with Crippen LogP contribution in [0.2, 0.25) is 0 Å². The average Bonchev–Trinajstić information content (AvgIpc) is 2.84. The number of hydrogen-bond donors (Lipinski definition) is 1. The van der Waals surface area contributed by atoms with Crippen molar-refractivity contribution >= 4 is 11.3 Å². The largest absolute Gasteiger partial charge is 0.393 e. The smallest absolute Gasteiger partial charge is 0.0580 e. The molecule has 2 aliphatic rings. The number of thiophene rings is 1. The molecule has 1 aliphatic heterocycles. The van der Waals surface area contributed by atoms with Crippen LogP contribution < -0.4 is 0 Å². The molecule has 18 heavy (non-hydrogen) atoms. The van der Waals surface area contributed by atoms with Gasteiger partial charge in [-0.15, -0.1) is 11.3 Å². The quantitative estimate of drug-likeness (QED) is 0.887. The van der Waals surface area contributed by atoms with E-state index in [9.17, 15) is 5.11 Å². The molecule has 100 valence electrons. The van der Waals surface area contributed by atoms with Gasteiger partial charge < -0.3 is 5.11 Å². The van der Waals surface area contributed by atoms with Crippen LogP contribution in [-0.2, 0) is 6.42 Å². The zero-order valence-corrected chi connectivity index (χ0v) is 12.0. The summed E-state index contributed by atoms with van der Waals surface area (Å²) in [5.74, 6) is 0.501. The van der Waals surface area contributed by atoms with Gasteiger partial charge in [-0.3, -0.25) is 4.90 Å². The lowest BCUT2D eigenvalue weighted by Gasteiger charge is -2.38. The second-order valence-corrected chi connectivity index (χ2v) is 6.83. The van der Waals surface area contributed by atoms with Crippen molar-refractivity contribution in [3.63, 3.8) is 0 Å². The van der Waals surface area contributed by atoms with Crippen LogP contribution in [0.1, 0.15) is 49.1 Å². The van der Waals surface area contributed by atoms with Gasteiger partial charge >= 0.3 is 0 Å². The van der Waals surface area contributed by atoms with E-state index in [4.69, 9.17) is 0 Å². The molecule has 0 spiro atoms. The Labute approximate surface area is 114 Å². The Hall–Kier alpha value is -0.380. The summed E-state index contributed by atoms with van der Waals surface area (Å²) < 4.78 is 0. The number of nitrogens with zero attached hydrogens (tertiary/aromatic N) is 1. The molecule has 1 aromatic heterocycles. The first kappa shape index (κ1) is 12.6. The first-order valence-electron chi connectivity index (χ1n) is 7.24. The summed E-state index contributed by atoms with van der Waals surface area (Å²) in [6.07, 6.45) is 5.86. The molecule has 1 aliphatic carbocycles. The summed E-state index contributed by atoms with van der Waals surface area (Å²) in [6.45, 7) is 4.56. The molecule has 0 bridgehead atoms. The molecule has 0 radical (unpaired) electrons. The molecule has 0 saturated heterocycles. The number of rotatable bonds is 2. The monoisotopic (exact) mass is 265 g/mol. The third kappa shape index (κ3) is 2.36. The number of hydrogen-bond acceptors (Lipinski definition) is 3. The second kappa shape index (κ2) is 5.32. The van der Waals surface area contributed by atoms with E-state index in [-0.39, 0.29) is 6.10 Å². The van der Waals surface area contributed by atoms with E-state index in [0.29, 0.717) is 12.0 Å². The van der Waals surface area contributed by atoms with Gasteiger partial charge in [-0.1, -0.05) is 12.8 Å². The summed E-state index contributed by atoms with van der Waals surface area (Å²) in [5.41, 5.74) is 1.52. The topological polar surface area (TPSA) is 23.5 Å². The number of aliphatic hydroxyl groups excluding tert-OH is 1. The van der Waals surface area contributed by atoms with E-state index in [1.807, 2.05) is 11.3 Å². The minimum absolute atomic E-state index is 0.0604. The van der Waals surface area contributed by atoms with Crippen molar-refractivity contribution in [1.29, 1.82) is 0 Å². The minimum atomic E-state index is -0.0604. The number of aliphatic hydroxyl groups is 1. The summed E-state index contributed by atoms with van der Waals surface area (Å²) in [5, 5.41) is 12.3. The summed E-state index contributed by atoms with van der Waals surface area (Å²) >= 11 is 1.90. The van der Waals surface area contributed by atoms with E-state index in [1.165, 1.54) is 31.2 Å². The van der Waals surface area contributed by atoms with Crippen LogP contribution in [0.4, 0.5) is 0 Å². The average molecular weight is 265 g/mol. The SMILES string of the molecule is CC1c2ccsc2CCN1CC1CCCCC1O. The standard InChI is InChI=1S/C15H23NOS/c1-11-13-7-9-18-15(13)6-8-16(11)10-12-4-2-3-5-14(12)17/h7,9,11-12,14,17H,2-6,8,10H2,1H3. The maximum atomic E-state index is 10.1. The molecule has 2 nitrogen and oxygen atoms in total. The Bertz CT molecular complexity index is 403. The van der Waals surface area contributed by atoms with Crippen LogP contribution in [0, 0.1) is 5.92 Å². The van der Waals surface area contributed by atoms with E-state index < -0.39 is 0 Å². The maximum absolute atomic E-state index is 10.1. The fraction of sp³-hybridized carbons (Fsp3) is 0.733. The molecule has 3 unspecified atom stereocenters. The lowest BCUT2D eigenvalue weighted by molar-refractivity contribution is 0.0360. The summed E-state index contributed by atoms with van der Waals surface area (Å²) in [6, 6.07) is 2.82. The van der Waals surface area contributed by atoms with Gasteiger partial charge in [0.25, 0.3) is 0 Å². The lowest BCUT2D eigenvalue weighted by atomic mass is 9.85. The normalized spacial score (nSPS) is 33.3. The summed E-state index contributed by atoms with van der Waals surface area (Å²) in [4.78, 5) is 4.15. The second-order valence-electron chi connectivity index (χ2n) is 5.83. The Balaban J connectivity index is 1.67.